The smallest absolute Gasteiger partial charge is 0.226 e. The standard InChI is InChI=1S/C24H23BrN4O2/c1-24(2)11-18-21(19(30)12-24)22(29-23(28-18)26-14-27-29)17-10-16(25)8-9-20(17)31-13-15-6-4-3-5-7-15/h3-10,14,22H,11-13H2,1-2H3,(H,26,27,28). The van der Waals surface area contributed by atoms with Gasteiger partial charge in [-0.2, -0.15) is 10.1 Å². The summed E-state index contributed by atoms with van der Waals surface area (Å²) in [5.41, 5.74) is 3.55. The van der Waals surface area contributed by atoms with Crippen molar-refractivity contribution in [1.82, 2.24) is 14.8 Å². The lowest BCUT2D eigenvalue weighted by atomic mass is 9.73. The van der Waals surface area contributed by atoms with E-state index < -0.39 is 0 Å². The molecule has 0 fully saturated rings. The van der Waals surface area contributed by atoms with Crippen molar-refractivity contribution >= 4 is 27.7 Å². The summed E-state index contributed by atoms with van der Waals surface area (Å²) in [5, 5.41) is 7.80. The third kappa shape index (κ3) is 3.78. The van der Waals surface area contributed by atoms with Gasteiger partial charge in [-0.3, -0.25) is 4.79 Å². The number of ketones is 1. The molecule has 1 atom stereocenters. The van der Waals surface area contributed by atoms with Crippen LogP contribution in [0.4, 0.5) is 5.95 Å². The van der Waals surface area contributed by atoms with Gasteiger partial charge in [-0.1, -0.05) is 60.1 Å². The monoisotopic (exact) mass is 478 g/mol. The summed E-state index contributed by atoms with van der Waals surface area (Å²) >= 11 is 3.59. The molecule has 2 aliphatic rings. The van der Waals surface area contributed by atoms with Crippen LogP contribution in [0.15, 0.2) is 70.6 Å². The lowest BCUT2D eigenvalue weighted by molar-refractivity contribution is -0.118. The lowest BCUT2D eigenvalue weighted by Gasteiger charge is -2.38. The Kier molecular flexibility index (Phi) is 4.93. The molecule has 31 heavy (non-hydrogen) atoms. The molecule has 0 radical (unpaired) electrons. The van der Waals surface area contributed by atoms with Crippen molar-refractivity contribution in [3.63, 3.8) is 0 Å². The van der Waals surface area contributed by atoms with Crippen LogP contribution in [0.1, 0.15) is 43.9 Å². The van der Waals surface area contributed by atoms with Crippen molar-refractivity contribution in [3.8, 4) is 5.75 Å². The summed E-state index contributed by atoms with van der Waals surface area (Å²) in [5.74, 6) is 1.51. The van der Waals surface area contributed by atoms with E-state index in [1.165, 1.54) is 6.33 Å². The number of benzene rings is 2. The lowest BCUT2D eigenvalue weighted by Crippen LogP contribution is -2.36. The summed E-state index contributed by atoms with van der Waals surface area (Å²) < 4.78 is 8.94. The number of ether oxygens (including phenoxy) is 1. The van der Waals surface area contributed by atoms with Crippen LogP contribution in [-0.2, 0) is 11.4 Å². The molecule has 0 spiro atoms. The van der Waals surface area contributed by atoms with Crippen molar-refractivity contribution in [1.29, 1.82) is 0 Å². The van der Waals surface area contributed by atoms with Crippen molar-refractivity contribution in [2.24, 2.45) is 5.41 Å². The maximum atomic E-state index is 13.3. The summed E-state index contributed by atoms with van der Waals surface area (Å²) in [6.45, 7) is 4.69. The number of Topliss-reactive ketones (excluding diaryl/α,β-unsaturated/α-hetero) is 1. The first kappa shape index (κ1) is 20.0. The van der Waals surface area contributed by atoms with Gasteiger partial charge in [0.05, 0.1) is 0 Å². The predicted octanol–water partition coefficient (Wildman–Crippen LogP) is 5.28. The van der Waals surface area contributed by atoms with E-state index in [1.807, 2.05) is 48.5 Å². The van der Waals surface area contributed by atoms with Crippen LogP contribution in [0.25, 0.3) is 0 Å². The molecule has 2 heterocycles. The molecule has 1 unspecified atom stereocenters. The number of nitrogens with one attached hydrogen (secondary N) is 1. The molecule has 1 aliphatic carbocycles. The molecule has 7 heteroatoms. The van der Waals surface area contributed by atoms with Crippen molar-refractivity contribution in [2.45, 2.75) is 39.3 Å². The van der Waals surface area contributed by atoms with Gasteiger partial charge in [0.2, 0.25) is 5.95 Å². The second-order valence-electron chi connectivity index (χ2n) is 8.85. The molecule has 0 bridgehead atoms. The molecule has 0 saturated heterocycles. The van der Waals surface area contributed by atoms with Gasteiger partial charge in [0, 0.05) is 27.7 Å². The number of anilines is 1. The van der Waals surface area contributed by atoms with Crippen LogP contribution in [-0.4, -0.2) is 20.5 Å². The Morgan fingerprint density at radius 2 is 2.00 bits per heavy atom. The quantitative estimate of drug-likeness (QED) is 0.552. The summed E-state index contributed by atoms with van der Waals surface area (Å²) in [6, 6.07) is 15.6. The fourth-order valence-corrected chi connectivity index (χ4v) is 4.82. The predicted molar refractivity (Wildman–Crippen MR) is 122 cm³/mol. The molecular weight excluding hydrogens is 456 g/mol. The van der Waals surface area contributed by atoms with Crippen molar-refractivity contribution in [2.75, 3.05) is 5.32 Å². The highest BCUT2D eigenvalue weighted by Gasteiger charge is 2.42. The zero-order chi connectivity index (χ0) is 21.6. The van der Waals surface area contributed by atoms with Crippen LogP contribution in [0.5, 0.6) is 5.75 Å². The zero-order valence-electron chi connectivity index (χ0n) is 17.4. The first-order chi connectivity index (χ1) is 14.9. The number of fused-ring (bicyclic) bond motifs is 1. The van der Waals surface area contributed by atoms with Crippen LogP contribution in [0.3, 0.4) is 0 Å². The molecule has 3 aromatic rings. The van der Waals surface area contributed by atoms with Crippen LogP contribution < -0.4 is 10.1 Å². The Morgan fingerprint density at radius 3 is 2.81 bits per heavy atom. The van der Waals surface area contributed by atoms with Gasteiger partial charge in [0.25, 0.3) is 0 Å². The van der Waals surface area contributed by atoms with Crippen molar-refractivity contribution in [3.05, 3.63) is 81.7 Å². The number of halogens is 1. The molecule has 0 amide bonds. The molecule has 6 nitrogen and oxygen atoms in total. The maximum Gasteiger partial charge on any atom is 0.226 e. The average molecular weight is 479 g/mol. The normalized spacial score (nSPS) is 19.5. The number of carbonyl (C=O) groups excluding carboxylic acids is 1. The number of allylic oxidation sites excluding steroid dienone is 2. The van der Waals surface area contributed by atoms with E-state index >= 15 is 0 Å². The molecule has 158 valence electrons. The topological polar surface area (TPSA) is 69.0 Å². The molecule has 0 saturated carbocycles. The van der Waals surface area contributed by atoms with Crippen LogP contribution in [0.2, 0.25) is 0 Å². The van der Waals surface area contributed by atoms with Gasteiger partial charge in [0.1, 0.15) is 24.7 Å². The number of aromatic nitrogens is 3. The highest BCUT2D eigenvalue weighted by molar-refractivity contribution is 9.10. The second kappa shape index (κ2) is 7.64. The fraction of sp³-hybridized carbons (Fsp3) is 0.292. The molecular formula is C24H23BrN4O2. The average Bonchev–Trinajstić information content (AvgIpc) is 3.19. The Morgan fingerprint density at radius 1 is 1.19 bits per heavy atom. The van der Waals surface area contributed by atoms with Crippen molar-refractivity contribution < 1.29 is 9.53 Å². The third-order valence-electron chi connectivity index (χ3n) is 5.78. The van der Waals surface area contributed by atoms with Gasteiger partial charge >= 0.3 is 0 Å². The zero-order valence-corrected chi connectivity index (χ0v) is 19.0. The Balaban J connectivity index is 1.61. The molecule has 2 aromatic carbocycles. The van der Waals surface area contributed by atoms with Crippen LogP contribution >= 0.6 is 15.9 Å². The number of rotatable bonds is 4. The van der Waals surface area contributed by atoms with Gasteiger partial charge in [-0.25, -0.2) is 4.68 Å². The largest absolute Gasteiger partial charge is 0.489 e. The molecule has 1 N–H and O–H groups in total. The van der Waals surface area contributed by atoms with Crippen LogP contribution in [0, 0.1) is 5.41 Å². The number of hydrogen-bond acceptors (Lipinski definition) is 5. The first-order valence-corrected chi connectivity index (χ1v) is 11.1. The minimum atomic E-state index is -0.388. The highest BCUT2D eigenvalue weighted by Crippen LogP contribution is 2.47. The van der Waals surface area contributed by atoms with E-state index in [4.69, 9.17) is 4.74 Å². The highest BCUT2D eigenvalue weighted by atomic mass is 79.9. The van der Waals surface area contributed by atoms with E-state index in [0.717, 1.165) is 39.0 Å². The van der Waals surface area contributed by atoms with Gasteiger partial charge < -0.3 is 10.1 Å². The number of nitrogens with zero attached hydrogens (tertiary/aromatic N) is 3. The van der Waals surface area contributed by atoms with Gasteiger partial charge in [-0.15, -0.1) is 0 Å². The Hall–Kier alpha value is -2.93. The minimum Gasteiger partial charge on any atom is -0.489 e. The van der Waals surface area contributed by atoms with Gasteiger partial charge in [0.15, 0.2) is 5.78 Å². The van der Waals surface area contributed by atoms with E-state index in [9.17, 15) is 4.79 Å². The Labute approximate surface area is 189 Å². The van der Waals surface area contributed by atoms with Gasteiger partial charge in [-0.05, 0) is 35.6 Å². The summed E-state index contributed by atoms with van der Waals surface area (Å²) in [7, 11) is 0. The third-order valence-corrected chi connectivity index (χ3v) is 6.27. The molecule has 1 aromatic heterocycles. The fourth-order valence-electron chi connectivity index (χ4n) is 4.44. The molecule has 5 rings (SSSR count). The summed E-state index contributed by atoms with van der Waals surface area (Å²) in [6.07, 6.45) is 2.81. The second-order valence-corrected chi connectivity index (χ2v) is 9.76. The van der Waals surface area contributed by atoms with E-state index in [0.29, 0.717) is 19.0 Å². The van der Waals surface area contributed by atoms with E-state index in [-0.39, 0.29) is 17.2 Å². The SMILES string of the molecule is CC1(C)CC(=O)C2=C(C1)Nc1ncnn1C2c1cc(Br)ccc1OCc1ccccc1. The number of hydrogen-bond donors (Lipinski definition) is 1. The summed E-state index contributed by atoms with van der Waals surface area (Å²) in [4.78, 5) is 17.7. The maximum absolute atomic E-state index is 13.3. The number of carbonyl (C=O) groups is 1. The molecule has 1 aliphatic heterocycles. The minimum absolute atomic E-state index is 0.0977. The van der Waals surface area contributed by atoms with E-state index in [1.54, 1.807) is 4.68 Å². The Bertz CT molecular complexity index is 1180. The first-order valence-electron chi connectivity index (χ1n) is 10.3. The van der Waals surface area contributed by atoms with E-state index in [2.05, 4.69) is 45.2 Å².